The van der Waals surface area contributed by atoms with E-state index in [4.69, 9.17) is 4.52 Å². The van der Waals surface area contributed by atoms with Crippen molar-refractivity contribution in [3.05, 3.63) is 24.2 Å². The highest BCUT2D eigenvalue weighted by Crippen LogP contribution is 2.21. The molecule has 1 unspecified atom stereocenters. The predicted octanol–water partition coefficient (Wildman–Crippen LogP) is 1.53. The minimum absolute atomic E-state index is 0.0461. The van der Waals surface area contributed by atoms with E-state index in [1.807, 2.05) is 12.1 Å². The van der Waals surface area contributed by atoms with Crippen molar-refractivity contribution in [2.24, 2.45) is 0 Å². The lowest BCUT2D eigenvalue weighted by Gasteiger charge is -2.27. The molecule has 2 fully saturated rings. The van der Waals surface area contributed by atoms with Crippen LogP contribution in [-0.2, 0) is 11.2 Å². The third kappa shape index (κ3) is 4.44. The van der Waals surface area contributed by atoms with Gasteiger partial charge in [0.1, 0.15) is 5.82 Å². The van der Waals surface area contributed by atoms with Gasteiger partial charge in [0.05, 0.1) is 6.04 Å². The summed E-state index contributed by atoms with van der Waals surface area (Å²) in [6, 6.07) is 3.94. The summed E-state index contributed by atoms with van der Waals surface area (Å²) in [6.45, 7) is 3.54. The lowest BCUT2D eigenvalue weighted by molar-refractivity contribution is -0.122. The van der Waals surface area contributed by atoms with Gasteiger partial charge in [-0.3, -0.25) is 4.79 Å². The molecule has 4 rings (SSSR count). The molecule has 1 amide bonds. The Balaban J connectivity index is 1.30. The number of hydrogen-bond acceptors (Lipinski definition) is 7. The summed E-state index contributed by atoms with van der Waals surface area (Å²) in [5.74, 6) is 2.10. The quantitative estimate of drug-likeness (QED) is 0.796. The van der Waals surface area contributed by atoms with Crippen LogP contribution in [-0.4, -0.2) is 53.3 Å². The average molecular weight is 370 g/mol. The van der Waals surface area contributed by atoms with Crippen LogP contribution in [0.3, 0.4) is 0 Å². The fourth-order valence-electron chi connectivity index (χ4n) is 3.63. The Kier molecular flexibility index (Phi) is 5.62. The molecule has 2 aromatic rings. The SMILES string of the molecule is O=C(NCCc1nc(-c2ccc(N3CCCCC3)nc2)no1)C1CCCN1. The topological polar surface area (TPSA) is 96.2 Å². The molecule has 2 aliphatic rings. The van der Waals surface area contributed by atoms with Crippen molar-refractivity contribution in [1.29, 1.82) is 0 Å². The molecule has 2 aromatic heterocycles. The third-order valence-corrected chi connectivity index (χ3v) is 5.17. The molecule has 27 heavy (non-hydrogen) atoms. The first kappa shape index (κ1) is 17.9. The molecular weight excluding hydrogens is 344 g/mol. The third-order valence-electron chi connectivity index (χ3n) is 5.17. The zero-order valence-electron chi connectivity index (χ0n) is 15.5. The normalized spacial score (nSPS) is 20.0. The minimum atomic E-state index is -0.0623. The Morgan fingerprint density at radius 1 is 1.26 bits per heavy atom. The van der Waals surface area contributed by atoms with E-state index in [0.29, 0.717) is 24.7 Å². The number of carbonyl (C=O) groups excluding carboxylic acids is 1. The lowest BCUT2D eigenvalue weighted by Crippen LogP contribution is -2.41. The van der Waals surface area contributed by atoms with Gasteiger partial charge in [0.15, 0.2) is 0 Å². The van der Waals surface area contributed by atoms with Gasteiger partial charge in [-0.05, 0) is 50.8 Å². The van der Waals surface area contributed by atoms with Crippen LogP contribution >= 0.6 is 0 Å². The molecule has 1 atom stereocenters. The predicted molar refractivity (Wildman–Crippen MR) is 101 cm³/mol. The number of nitrogens with one attached hydrogen (secondary N) is 2. The fourth-order valence-corrected chi connectivity index (χ4v) is 3.63. The van der Waals surface area contributed by atoms with Crippen LogP contribution in [0.2, 0.25) is 0 Å². The van der Waals surface area contributed by atoms with Crippen LogP contribution < -0.4 is 15.5 Å². The summed E-state index contributed by atoms with van der Waals surface area (Å²) in [5.41, 5.74) is 0.838. The molecular formula is C19H26N6O2. The first-order valence-corrected chi connectivity index (χ1v) is 9.85. The van der Waals surface area contributed by atoms with E-state index in [1.165, 1.54) is 19.3 Å². The maximum Gasteiger partial charge on any atom is 0.237 e. The van der Waals surface area contributed by atoms with E-state index in [2.05, 4.69) is 30.7 Å². The highest BCUT2D eigenvalue weighted by atomic mass is 16.5. The summed E-state index contributed by atoms with van der Waals surface area (Å²) in [5, 5.41) is 10.1. The number of hydrogen-bond donors (Lipinski definition) is 2. The van der Waals surface area contributed by atoms with E-state index in [-0.39, 0.29) is 11.9 Å². The lowest BCUT2D eigenvalue weighted by atomic mass is 10.1. The van der Waals surface area contributed by atoms with Crippen molar-refractivity contribution in [1.82, 2.24) is 25.8 Å². The summed E-state index contributed by atoms with van der Waals surface area (Å²) >= 11 is 0. The van der Waals surface area contributed by atoms with Crippen LogP contribution in [0, 0.1) is 0 Å². The second-order valence-electron chi connectivity index (χ2n) is 7.15. The molecule has 0 radical (unpaired) electrons. The molecule has 0 bridgehead atoms. The Bertz CT molecular complexity index is 748. The van der Waals surface area contributed by atoms with Gasteiger partial charge in [0, 0.05) is 37.8 Å². The second-order valence-corrected chi connectivity index (χ2v) is 7.15. The number of amides is 1. The Morgan fingerprint density at radius 2 is 2.15 bits per heavy atom. The van der Waals surface area contributed by atoms with Gasteiger partial charge in [0.25, 0.3) is 0 Å². The Morgan fingerprint density at radius 3 is 2.89 bits per heavy atom. The zero-order chi connectivity index (χ0) is 18.5. The van der Waals surface area contributed by atoms with Crippen LogP contribution in [0.4, 0.5) is 5.82 Å². The molecule has 2 N–H and O–H groups in total. The van der Waals surface area contributed by atoms with Crippen molar-refractivity contribution in [3.63, 3.8) is 0 Å². The van der Waals surface area contributed by atoms with Crippen LogP contribution in [0.25, 0.3) is 11.4 Å². The van der Waals surface area contributed by atoms with Gasteiger partial charge < -0.3 is 20.1 Å². The second kappa shape index (κ2) is 8.47. The van der Waals surface area contributed by atoms with E-state index in [0.717, 1.165) is 43.9 Å². The van der Waals surface area contributed by atoms with Gasteiger partial charge in [-0.25, -0.2) is 4.98 Å². The monoisotopic (exact) mass is 370 g/mol. The molecule has 2 aliphatic heterocycles. The molecule has 0 saturated carbocycles. The van der Waals surface area contributed by atoms with Gasteiger partial charge >= 0.3 is 0 Å². The number of pyridine rings is 1. The smallest absolute Gasteiger partial charge is 0.237 e. The number of piperidine rings is 1. The number of aromatic nitrogens is 3. The maximum absolute atomic E-state index is 12.0. The van der Waals surface area contributed by atoms with E-state index in [9.17, 15) is 4.79 Å². The van der Waals surface area contributed by atoms with Crippen molar-refractivity contribution < 1.29 is 9.32 Å². The highest BCUT2D eigenvalue weighted by Gasteiger charge is 2.21. The average Bonchev–Trinajstić information content (AvgIpc) is 3.41. The summed E-state index contributed by atoms with van der Waals surface area (Å²) in [7, 11) is 0. The minimum Gasteiger partial charge on any atom is -0.357 e. The Labute approximate surface area is 158 Å². The van der Waals surface area contributed by atoms with Gasteiger partial charge in [-0.1, -0.05) is 5.16 Å². The van der Waals surface area contributed by atoms with Crippen LogP contribution in [0.5, 0.6) is 0 Å². The van der Waals surface area contributed by atoms with Gasteiger partial charge in [0.2, 0.25) is 17.6 Å². The van der Waals surface area contributed by atoms with E-state index >= 15 is 0 Å². The van der Waals surface area contributed by atoms with Gasteiger partial charge in [-0.15, -0.1) is 0 Å². The van der Waals surface area contributed by atoms with Crippen LogP contribution in [0.1, 0.15) is 38.0 Å². The number of carbonyl (C=O) groups is 1. The molecule has 8 nitrogen and oxygen atoms in total. The van der Waals surface area contributed by atoms with Crippen molar-refractivity contribution in [3.8, 4) is 11.4 Å². The summed E-state index contributed by atoms with van der Waals surface area (Å²) in [4.78, 5) is 23.3. The first-order chi connectivity index (χ1) is 13.3. The van der Waals surface area contributed by atoms with Crippen molar-refractivity contribution in [2.75, 3.05) is 31.1 Å². The largest absolute Gasteiger partial charge is 0.357 e. The molecule has 0 spiro atoms. The molecule has 0 aliphatic carbocycles. The van der Waals surface area contributed by atoms with Crippen molar-refractivity contribution in [2.45, 2.75) is 44.6 Å². The molecule has 0 aromatic carbocycles. The van der Waals surface area contributed by atoms with E-state index < -0.39 is 0 Å². The molecule has 2 saturated heterocycles. The number of rotatable bonds is 6. The summed E-state index contributed by atoms with van der Waals surface area (Å²) < 4.78 is 5.31. The number of nitrogens with zero attached hydrogens (tertiary/aromatic N) is 4. The molecule has 8 heteroatoms. The van der Waals surface area contributed by atoms with E-state index in [1.54, 1.807) is 6.20 Å². The Hall–Kier alpha value is -2.48. The standard InChI is InChI=1S/C19H26N6O2/c26-19(15-5-4-9-20-15)21-10-8-17-23-18(24-27-17)14-6-7-16(22-13-14)25-11-2-1-3-12-25/h6-7,13,15,20H,1-5,8-12H2,(H,21,26). The fraction of sp³-hybridized carbons (Fsp3) is 0.579. The number of anilines is 1. The van der Waals surface area contributed by atoms with Crippen molar-refractivity contribution >= 4 is 11.7 Å². The zero-order valence-corrected chi connectivity index (χ0v) is 15.5. The van der Waals surface area contributed by atoms with Crippen LogP contribution in [0.15, 0.2) is 22.9 Å². The van der Waals surface area contributed by atoms with Gasteiger partial charge in [-0.2, -0.15) is 4.98 Å². The highest BCUT2D eigenvalue weighted by molar-refractivity contribution is 5.81. The molecule has 144 valence electrons. The summed E-state index contributed by atoms with van der Waals surface area (Å²) in [6.07, 6.45) is 8.03. The maximum atomic E-state index is 12.0. The molecule has 4 heterocycles. The first-order valence-electron chi connectivity index (χ1n) is 9.85.